The minimum absolute atomic E-state index is 0.272. The van der Waals surface area contributed by atoms with Gasteiger partial charge in [0.2, 0.25) is 5.91 Å². The van der Waals surface area contributed by atoms with E-state index in [0.717, 1.165) is 31.8 Å². The van der Waals surface area contributed by atoms with E-state index in [0.29, 0.717) is 12.5 Å². The first-order valence-electron chi connectivity index (χ1n) is 6.75. The number of hydrogen-bond acceptors (Lipinski definition) is 3. The summed E-state index contributed by atoms with van der Waals surface area (Å²) in [5.41, 5.74) is 4.90. The molecule has 2 aliphatic rings. The van der Waals surface area contributed by atoms with Gasteiger partial charge < -0.3 is 15.8 Å². The molecule has 1 amide bonds. The molecule has 98 valence electrons. The van der Waals surface area contributed by atoms with Gasteiger partial charge in [0.1, 0.15) is 5.54 Å². The summed E-state index contributed by atoms with van der Waals surface area (Å²) in [6, 6.07) is 0. The maximum absolute atomic E-state index is 11.6. The zero-order valence-corrected chi connectivity index (χ0v) is 10.7. The van der Waals surface area contributed by atoms with Gasteiger partial charge in [-0.25, -0.2) is 0 Å². The number of rotatable bonds is 8. The van der Waals surface area contributed by atoms with Crippen molar-refractivity contribution in [2.45, 2.75) is 44.1 Å². The molecule has 2 fully saturated rings. The molecule has 4 heteroatoms. The lowest BCUT2D eigenvalue weighted by atomic mass is 9.83. The molecular weight excluding hydrogens is 216 g/mol. The Bertz CT molecular complexity index is 275. The van der Waals surface area contributed by atoms with E-state index in [4.69, 9.17) is 10.5 Å². The highest BCUT2D eigenvalue weighted by molar-refractivity contribution is 5.85. The maximum Gasteiger partial charge on any atom is 0.240 e. The van der Waals surface area contributed by atoms with Crippen LogP contribution in [0.5, 0.6) is 0 Å². The van der Waals surface area contributed by atoms with Crippen molar-refractivity contribution in [2.24, 2.45) is 17.6 Å². The fourth-order valence-corrected chi connectivity index (χ4v) is 2.63. The smallest absolute Gasteiger partial charge is 0.240 e. The molecule has 1 atom stereocenters. The number of ether oxygens (including phenoxy) is 1. The van der Waals surface area contributed by atoms with Crippen LogP contribution in [0.1, 0.15) is 38.5 Å². The second-order valence-corrected chi connectivity index (χ2v) is 5.50. The highest BCUT2D eigenvalue weighted by atomic mass is 16.5. The second kappa shape index (κ2) is 5.36. The number of amides is 1. The Hall–Kier alpha value is -0.610. The lowest BCUT2D eigenvalue weighted by Crippen LogP contribution is -2.59. The monoisotopic (exact) mass is 240 g/mol. The molecule has 0 aromatic carbocycles. The van der Waals surface area contributed by atoms with Gasteiger partial charge in [-0.2, -0.15) is 0 Å². The third-order valence-corrected chi connectivity index (χ3v) is 4.38. The average Bonchev–Trinajstić information content (AvgIpc) is 3.04. The molecule has 0 saturated heterocycles. The zero-order chi connectivity index (χ0) is 12.3. The van der Waals surface area contributed by atoms with Crippen molar-refractivity contribution in [3.05, 3.63) is 0 Å². The highest BCUT2D eigenvalue weighted by Gasteiger charge is 2.49. The van der Waals surface area contributed by atoms with Gasteiger partial charge in [0.25, 0.3) is 0 Å². The first-order chi connectivity index (χ1) is 8.19. The van der Waals surface area contributed by atoms with Crippen LogP contribution in [-0.2, 0) is 9.53 Å². The molecule has 2 saturated carbocycles. The van der Waals surface area contributed by atoms with Crippen molar-refractivity contribution in [3.8, 4) is 0 Å². The number of hydrogen-bond donors (Lipinski definition) is 2. The Labute approximate surface area is 103 Å². The highest BCUT2D eigenvalue weighted by Crippen LogP contribution is 2.39. The Balaban J connectivity index is 1.74. The summed E-state index contributed by atoms with van der Waals surface area (Å²) in [6.07, 6.45) is 7.35. The van der Waals surface area contributed by atoms with Crippen molar-refractivity contribution >= 4 is 5.91 Å². The molecule has 2 rings (SSSR count). The van der Waals surface area contributed by atoms with Crippen molar-refractivity contribution in [1.29, 1.82) is 0 Å². The molecule has 0 aliphatic heterocycles. The molecule has 0 heterocycles. The van der Waals surface area contributed by atoms with Crippen LogP contribution < -0.4 is 11.1 Å². The van der Waals surface area contributed by atoms with E-state index >= 15 is 0 Å². The Morgan fingerprint density at radius 2 is 2.12 bits per heavy atom. The summed E-state index contributed by atoms with van der Waals surface area (Å²) in [4.78, 5) is 11.6. The predicted molar refractivity (Wildman–Crippen MR) is 66.5 cm³/mol. The molecule has 0 spiro atoms. The summed E-state index contributed by atoms with van der Waals surface area (Å²) >= 11 is 0. The van der Waals surface area contributed by atoms with E-state index in [1.165, 1.54) is 19.3 Å². The van der Waals surface area contributed by atoms with E-state index in [9.17, 15) is 4.79 Å². The molecular formula is C13H24N2O2. The van der Waals surface area contributed by atoms with Crippen molar-refractivity contribution < 1.29 is 9.53 Å². The largest absolute Gasteiger partial charge is 0.379 e. The normalized spacial score (nSPS) is 24.1. The van der Waals surface area contributed by atoms with Crippen molar-refractivity contribution in [3.63, 3.8) is 0 Å². The Morgan fingerprint density at radius 1 is 1.41 bits per heavy atom. The van der Waals surface area contributed by atoms with E-state index in [2.05, 4.69) is 5.32 Å². The van der Waals surface area contributed by atoms with Crippen LogP contribution in [0.25, 0.3) is 0 Å². The van der Waals surface area contributed by atoms with Gasteiger partial charge in [-0.15, -0.1) is 0 Å². The van der Waals surface area contributed by atoms with Crippen molar-refractivity contribution in [2.75, 3.05) is 20.3 Å². The number of likely N-dealkylation sites (N-methyl/N-ethyl adjacent to an activating group) is 1. The van der Waals surface area contributed by atoms with Crippen LogP contribution in [0.15, 0.2) is 0 Å². The van der Waals surface area contributed by atoms with E-state index in [1.807, 2.05) is 0 Å². The first-order valence-corrected chi connectivity index (χ1v) is 6.75. The zero-order valence-electron chi connectivity index (χ0n) is 10.7. The standard InChI is InChI=1S/C13H24N2O2/c1-15-13(12(14)16,11-5-6-11)9-17-8-7-10-3-2-4-10/h10-11,15H,2-9H2,1H3,(H2,14,16). The van der Waals surface area contributed by atoms with Crippen LogP contribution in [-0.4, -0.2) is 31.7 Å². The second-order valence-electron chi connectivity index (χ2n) is 5.50. The van der Waals surface area contributed by atoms with Crippen LogP contribution in [0, 0.1) is 11.8 Å². The van der Waals surface area contributed by atoms with Crippen LogP contribution in [0.4, 0.5) is 0 Å². The molecule has 3 N–H and O–H groups in total. The molecule has 2 aliphatic carbocycles. The third kappa shape index (κ3) is 2.80. The number of nitrogens with two attached hydrogens (primary N) is 1. The van der Waals surface area contributed by atoms with Gasteiger partial charge in [0, 0.05) is 6.61 Å². The summed E-state index contributed by atoms with van der Waals surface area (Å²) in [5.74, 6) is 0.952. The molecule has 0 radical (unpaired) electrons. The van der Waals surface area contributed by atoms with Gasteiger partial charge >= 0.3 is 0 Å². The van der Waals surface area contributed by atoms with Gasteiger partial charge in [-0.3, -0.25) is 4.79 Å². The predicted octanol–water partition coefficient (Wildman–Crippen LogP) is 1.05. The molecule has 17 heavy (non-hydrogen) atoms. The quantitative estimate of drug-likeness (QED) is 0.623. The first kappa shape index (κ1) is 12.8. The molecule has 4 nitrogen and oxygen atoms in total. The molecule has 0 aromatic heterocycles. The Kier molecular flexibility index (Phi) is 4.05. The van der Waals surface area contributed by atoms with Gasteiger partial charge in [-0.1, -0.05) is 19.3 Å². The van der Waals surface area contributed by atoms with E-state index in [1.54, 1.807) is 7.05 Å². The molecule has 0 aromatic rings. The minimum Gasteiger partial charge on any atom is -0.379 e. The number of carbonyl (C=O) groups excluding carboxylic acids is 1. The summed E-state index contributed by atoms with van der Waals surface area (Å²) in [7, 11) is 1.80. The average molecular weight is 240 g/mol. The van der Waals surface area contributed by atoms with Crippen LogP contribution in [0.3, 0.4) is 0 Å². The van der Waals surface area contributed by atoms with Gasteiger partial charge in [0.05, 0.1) is 6.61 Å². The lowest BCUT2D eigenvalue weighted by molar-refractivity contribution is -0.128. The lowest BCUT2D eigenvalue weighted by Gasteiger charge is -2.31. The maximum atomic E-state index is 11.6. The number of carbonyl (C=O) groups is 1. The number of nitrogens with one attached hydrogen (secondary N) is 1. The number of primary amides is 1. The van der Waals surface area contributed by atoms with Crippen LogP contribution in [0.2, 0.25) is 0 Å². The Morgan fingerprint density at radius 3 is 2.53 bits per heavy atom. The summed E-state index contributed by atoms with van der Waals surface area (Å²) < 4.78 is 5.70. The topological polar surface area (TPSA) is 64.3 Å². The molecule has 0 bridgehead atoms. The van der Waals surface area contributed by atoms with Gasteiger partial charge in [0.15, 0.2) is 0 Å². The van der Waals surface area contributed by atoms with E-state index in [-0.39, 0.29) is 5.91 Å². The van der Waals surface area contributed by atoms with Gasteiger partial charge in [-0.05, 0) is 38.1 Å². The minimum atomic E-state index is -0.625. The van der Waals surface area contributed by atoms with Crippen molar-refractivity contribution in [1.82, 2.24) is 5.32 Å². The van der Waals surface area contributed by atoms with E-state index < -0.39 is 5.54 Å². The fourth-order valence-electron chi connectivity index (χ4n) is 2.63. The van der Waals surface area contributed by atoms with Crippen LogP contribution >= 0.6 is 0 Å². The SMILES string of the molecule is CNC(COCCC1CCC1)(C(N)=O)C1CC1. The molecule has 1 unspecified atom stereocenters. The third-order valence-electron chi connectivity index (χ3n) is 4.38. The fraction of sp³-hybridized carbons (Fsp3) is 0.923. The summed E-state index contributed by atoms with van der Waals surface area (Å²) in [5, 5.41) is 3.09. The summed E-state index contributed by atoms with van der Waals surface area (Å²) in [6.45, 7) is 1.18.